The Hall–Kier alpha value is -14.3. The summed E-state index contributed by atoms with van der Waals surface area (Å²) in [4.78, 5) is 79.3. The molecule has 0 fully saturated rings. The third-order valence-corrected chi connectivity index (χ3v) is 22.4. The maximum absolute atomic E-state index is 13.9. The first-order chi connectivity index (χ1) is 70.7. The number of aliphatic hydroxyl groups excluding tert-OH is 1. The molecule has 2 aliphatic heterocycles. The second kappa shape index (κ2) is 69.0. The summed E-state index contributed by atoms with van der Waals surface area (Å²) in [6, 6.07) is 107. The zero-order valence-electron chi connectivity index (χ0n) is 83.0. The Bertz CT molecular complexity index is 6520. The van der Waals surface area contributed by atoms with Crippen molar-refractivity contribution in [3.05, 3.63) is 545 Å². The van der Waals surface area contributed by atoms with Gasteiger partial charge in [-0.15, -0.1) is 57.7 Å². The van der Waals surface area contributed by atoms with Crippen molar-refractivity contribution in [2.24, 2.45) is 0 Å². The predicted octanol–water partition coefficient (Wildman–Crippen LogP) is 22.8. The first kappa shape index (κ1) is 122. The standard InChI is InChI=1S/C34H33N3O4.C17H17ClO.C17H17N3O3.C17H18O2.C17H16O2.C13H10O2.C4H7Br.CH4.B.Cl2OS.Na.H/c1-3-5-23-40-30-19-13-12-18-28(30)31(27-16-10-7-11-17-27)37-25-35(21-4-2)34(39)32-33(29(38)20-22-36(32)37)41-24-26-14-8-6-9-15-26;1-2-3-13-19-16-12-8-7-11-15(16)17(18)14-9-5-4-6-10-14;1-2-9-19-12-18-20-10-8-14(21)16(15(20)17(19)22)23-11-13-6-4-3-5-7-13;2*1-2-3-13-19-16-12-8-7-11-15(16)17(18)14-9-5-4-6-10-14;14-12-9-5-4-8-11(12)13(15)10-6-2-1-3-7-10;1-2-3-4-5;;;1-4(2)3;;/h3-4,6-20,22,31H,1-2,5,21,23-25H2;2,4-12,17H,1,3,13H2;2-8,10,18H,1,9,11-12H2;2,4-12,17-18H,1,3,13H2;2,4-12H,1,3,13H2;1-9,14H;2H,1,3-4H2;1H4;;;;/q;;;;;;;;;;+1;-1. The van der Waals surface area contributed by atoms with E-state index < -0.39 is 15.3 Å². The number of fused-ring (bicyclic) bond motifs is 2. The molecule has 4 heterocycles. The van der Waals surface area contributed by atoms with Crippen molar-refractivity contribution in [2.75, 3.05) is 68.6 Å². The van der Waals surface area contributed by atoms with Crippen molar-refractivity contribution < 1.29 is 93.0 Å². The van der Waals surface area contributed by atoms with Crippen LogP contribution in [-0.2, 0) is 22.4 Å². The Morgan fingerprint density at radius 1 is 0.419 bits per heavy atom. The number of alkyl halides is 2. The molecule has 148 heavy (non-hydrogen) atoms. The summed E-state index contributed by atoms with van der Waals surface area (Å²) in [6.07, 6.45) is 19.2. The van der Waals surface area contributed by atoms with E-state index in [9.17, 15) is 39.0 Å². The number of aromatic nitrogens is 2. The number of nitrogens with one attached hydrogen (secondary N) is 1. The van der Waals surface area contributed by atoms with E-state index in [0.717, 1.165) is 92.8 Å². The number of phenols is 1. The third kappa shape index (κ3) is 38.5. The summed E-state index contributed by atoms with van der Waals surface area (Å²) in [5.41, 5.74) is 12.4. The van der Waals surface area contributed by atoms with Gasteiger partial charge in [0.05, 0.1) is 42.9 Å². The normalized spacial score (nSPS) is 11.5. The number of phenolic OH excluding ortho intramolecular Hbond substituents is 1. The number of halogens is 4. The minimum Gasteiger partial charge on any atom is -1.00 e. The van der Waals surface area contributed by atoms with Crippen molar-refractivity contribution in [2.45, 2.75) is 70.3 Å². The van der Waals surface area contributed by atoms with E-state index in [0.29, 0.717) is 80.6 Å². The van der Waals surface area contributed by atoms with E-state index in [-0.39, 0.29) is 141 Å². The van der Waals surface area contributed by atoms with Gasteiger partial charge in [0.25, 0.3) is 11.8 Å². The topological polar surface area (TPSA) is 247 Å². The van der Waals surface area contributed by atoms with Gasteiger partial charge in [-0.25, -0.2) is 4.21 Å². The average molecular weight is 2140 g/mol. The number of allylic oxidation sites excluding steroid dienone is 1. The molecule has 2 aliphatic rings. The molecular weight excluding hydrogens is 2020 g/mol. The summed E-state index contributed by atoms with van der Waals surface area (Å²) in [5.74, 6) is 2.28. The fraction of sp³-hybridized carbons (Fsp3) is 0.167. The van der Waals surface area contributed by atoms with Gasteiger partial charge in [-0.05, 0) is 102 Å². The molecule has 3 unspecified atom stereocenters. The summed E-state index contributed by atoms with van der Waals surface area (Å²) in [7, 11) is 7.36. The van der Waals surface area contributed by atoms with Gasteiger partial charge in [0.1, 0.15) is 67.4 Å². The summed E-state index contributed by atoms with van der Waals surface area (Å²) in [5, 5.41) is 22.9. The number of nitrogens with zero attached hydrogens (tertiary/aromatic N) is 5. The average Bonchev–Trinajstić information content (AvgIpc) is 0.740. The molecule has 0 saturated carbocycles. The molecule has 761 valence electrons. The van der Waals surface area contributed by atoms with Crippen molar-refractivity contribution in [1.82, 2.24) is 19.2 Å². The fourth-order valence-electron chi connectivity index (χ4n) is 14.4. The molecule has 12 aromatic carbocycles. The van der Waals surface area contributed by atoms with Crippen LogP contribution in [0.25, 0.3) is 0 Å². The number of hydrogen-bond donors (Lipinski definition) is 3. The van der Waals surface area contributed by atoms with Crippen LogP contribution >= 0.6 is 48.9 Å². The van der Waals surface area contributed by atoms with Crippen LogP contribution in [-0.4, -0.2) is 124 Å². The van der Waals surface area contributed by atoms with Crippen LogP contribution in [0.5, 0.6) is 40.2 Å². The molecule has 0 bridgehead atoms. The molecule has 3 atom stereocenters. The number of aliphatic hydroxyl groups is 1. The Morgan fingerprint density at radius 2 is 0.770 bits per heavy atom. The van der Waals surface area contributed by atoms with Gasteiger partial charge in [0, 0.05) is 101 Å². The minimum atomic E-state index is -1.67. The Kier molecular flexibility index (Phi) is 57.0. The van der Waals surface area contributed by atoms with E-state index in [4.69, 9.17) is 44.2 Å². The number of carbonyl (C=O) groups is 4. The first-order valence-electron chi connectivity index (χ1n) is 46.6. The van der Waals surface area contributed by atoms with E-state index in [2.05, 4.69) is 106 Å². The van der Waals surface area contributed by atoms with Crippen LogP contribution in [0, 0.1) is 0 Å². The molecule has 0 aliphatic carbocycles. The van der Waals surface area contributed by atoms with Crippen molar-refractivity contribution in [1.29, 1.82) is 0 Å². The molecule has 28 heteroatoms. The van der Waals surface area contributed by atoms with Crippen LogP contribution in [0.2, 0.25) is 0 Å². The molecule has 21 nitrogen and oxygen atoms in total. The molecule has 3 N–H and O–H groups in total. The van der Waals surface area contributed by atoms with Gasteiger partial charge in [0.15, 0.2) is 34.5 Å². The van der Waals surface area contributed by atoms with Crippen LogP contribution in [0.1, 0.15) is 156 Å². The number of hydrogen-bond acceptors (Lipinski definition) is 17. The maximum Gasteiger partial charge on any atom is 1.00 e. The second-order valence-corrected chi connectivity index (χ2v) is 35.3. The largest absolute Gasteiger partial charge is 1.00 e. The third-order valence-electron chi connectivity index (χ3n) is 21.5. The molecular formula is C120H123BBrCl3N6NaO15S. The smallest absolute Gasteiger partial charge is 1.00 e. The van der Waals surface area contributed by atoms with E-state index in [1.807, 2.05) is 291 Å². The van der Waals surface area contributed by atoms with Crippen LogP contribution in [0.4, 0.5) is 0 Å². The number of para-hydroxylation sites is 5. The maximum atomic E-state index is 13.9. The molecule has 2 amide bonds. The SMILES string of the molecule is C.C=CCCBr.C=CCCOc1ccccc1C(=O)c1ccccc1.C=CCCOc1ccccc1C(Cl)c1ccccc1.C=CCCOc1ccccc1C(O)c1ccccc1.C=CCCOc1ccccc1C(c1ccccc1)N1CN(CC=C)C(=O)c2c(OCc3ccccc3)c(=O)ccn21.C=CCN1CNn2ccc(=O)c(OCc3ccccc3)c2C1=O.O=C(c1ccccc1)c1ccccc1O.O=S(Cl)Cl.[B].[H-].[Na+]. The molecule has 2 aromatic heterocycles. The first-order valence-corrected chi connectivity index (χ1v) is 50.9. The quantitative estimate of drug-likeness (QED) is 0.00809. The molecule has 16 rings (SSSR count). The van der Waals surface area contributed by atoms with Crippen molar-refractivity contribution >= 4 is 89.9 Å². The zero-order valence-corrected chi connectivity index (χ0v) is 88.7. The number of amides is 2. The van der Waals surface area contributed by atoms with Gasteiger partial charge < -0.3 is 55.3 Å². The number of pyridine rings is 2. The van der Waals surface area contributed by atoms with E-state index >= 15 is 0 Å². The van der Waals surface area contributed by atoms with Crippen LogP contribution in [0.15, 0.2) is 456 Å². The minimum absolute atomic E-state index is 0. The Labute approximate surface area is 918 Å². The molecule has 3 radical (unpaired) electrons. The summed E-state index contributed by atoms with van der Waals surface area (Å²) < 4.78 is 47.4. The van der Waals surface area contributed by atoms with Crippen molar-refractivity contribution in [3.63, 3.8) is 0 Å². The number of aromatic hydroxyl groups is 1. The van der Waals surface area contributed by atoms with Gasteiger partial charge >= 0.3 is 29.6 Å². The number of rotatable bonds is 39. The second-order valence-electron chi connectivity index (χ2n) is 31.6. The fourth-order valence-corrected chi connectivity index (χ4v) is 15.1. The summed E-state index contributed by atoms with van der Waals surface area (Å²) >= 11 is 9.79. The molecule has 14 aromatic rings. The van der Waals surface area contributed by atoms with E-state index in [1.165, 1.54) is 29.1 Å². The zero-order chi connectivity index (χ0) is 104. The van der Waals surface area contributed by atoms with E-state index in [1.54, 1.807) is 87.4 Å². The molecule has 0 saturated heterocycles. The number of carbonyl (C=O) groups excluding carboxylic acids is 4. The van der Waals surface area contributed by atoms with Gasteiger partial charge in [-0.3, -0.25) is 43.1 Å². The monoisotopic (exact) mass is 2140 g/mol. The van der Waals surface area contributed by atoms with Gasteiger partial charge in [-0.2, -0.15) is 0 Å². The van der Waals surface area contributed by atoms with Crippen LogP contribution < -0.4 is 79.3 Å². The number of ether oxygens (including phenoxy) is 6. The molecule has 0 spiro atoms. The van der Waals surface area contributed by atoms with Crippen LogP contribution in [0.3, 0.4) is 0 Å². The predicted molar refractivity (Wildman–Crippen MR) is 603 cm³/mol. The van der Waals surface area contributed by atoms with Gasteiger partial charge in [0.2, 0.25) is 20.1 Å². The van der Waals surface area contributed by atoms with Crippen molar-refractivity contribution in [3.8, 4) is 40.2 Å². The number of ketones is 2. The van der Waals surface area contributed by atoms with Gasteiger partial charge in [-0.1, -0.05) is 357 Å². The number of benzene rings is 12. The Balaban J connectivity index is 0.000000317. The Morgan fingerprint density at radius 3 is 1.22 bits per heavy atom. The summed E-state index contributed by atoms with van der Waals surface area (Å²) in [6.45, 7) is 29.7.